The van der Waals surface area contributed by atoms with E-state index in [1.54, 1.807) is 35.6 Å². The summed E-state index contributed by atoms with van der Waals surface area (Å²) in [6, 6.07) is 9.04. The second-order valence-electron chi connectivity index (χ2n) is 4.41. The van der Waals surface area contributed by atoms with Crippen molar-refractivity contribution >= 4 is 45.9 Å². The summed E-state index contributed by atoms with van der Waals surface area (Å²) in [6.45, 7) is 1.85. The number of carbonyl (C=O) groups excluding carboxylic acids is 1. The van der Waals surface area contributed by atoms with E-state index >= 15 is 0 Å². The Bertz CT molecular complexity index is 764. The Labute approximate surface area is 135 Å². The topological polar surface area (TPSA) is 42.0 Å². The number of thiazole rings is 1. The number of hydrogen-bond donors (Lipinski definition) is 1. The quantitative estimate of drug-likeness (QED) is 0.725. The highest BCUT2D eigenvalue weighted by Crippen LogP contribution is 2.29. The van der Waals surface area contributed by atoms with Crippen molar-refractivity contribution in [3.05, 3.63) is 56.7 Å². The number of aromatic nitrogens is 1. The fraction of sp³-hybridized carbons (Fsp3) is 0.0667. The van der Waals surface area contributed by atoms with Gasteiger partial charge in [-0.3, -0.25) is 4.79 Å². The molecular weight excluding hydrogens is 324 g/mol. The third kappa shape index (κ3) is 3.15. The number of amides is 1. The molecule has 3 nitrogen and oxygen atoms in total. The Morgan fingerprint density at radius 1 is 1.24 bits per heavy atom. The van der Waals surface area contributed by atoms with Crippen molar-refractivity contribution in [2.24, 2.45) is 0 Å². The molecule has 3 aromatic rings. The molecule has 1 aromatic carbocycles. The van der Waals surface area contributed by atoms with Gasteiger partial charge in [0.1, 0.15) is 9.88 Å². The highest BCUT2D eigenvalue weighted by molar-refractivity contribution is 7.17. The van der Waals surface area contributed by atoms with Crippen molar-refractivity contribution in [2.75, 3.05) is 5.32 Å². The minimum atomic E-state index is -0.145. The fourth-order valence-electron chi connectivity index (χ4n) is 1.84. The smallest absolute Gasteiger partial charge is 0.267 e. The van der Waals surface area contributed by atoms with Gasteiger partial charge < -0.3 is 5.32 Å². The van der Waals surface area contributed by atoms with E-state index in [-0.39, 0.29) is 5.91 Å². The van der Waals surface area contributed by atoms with Crippen LogP contribution in [-0.2, 0) is 0 Å². The average molecular weight is 335 g/mol. The van der Waals surface area contributed by atoms with Crippen LogP contribution in [0.1, 0.15) is 15.4 Å². The van der Waals surface area contributed by atoms with Gasteiger partial charge in [0.25, 0.3) is 5.91 Å². The van der Waals surface area contributed by atoms with Crippen LogP contribution in [0.2, 0.25) is 5.02 Å². The maximum atomic E-state index is 12.3. The summed E-state index contributed by atoms with van der Waals surface area (Å²) in [5.41, 5.74) is 2.51. The lowest BCUT2D eigenvalue weighted by Crippen LogP contribution is -2.11. The number of carbonyl (C=O) groups is 1. The monoisotopic (exact) mass is 334 g/mol. The summed E-state index contributed by atoms with van der Waals surface area (Å²) in [5, 5.41) is 8.40. The van der Waals surface area contributed by atoms with E-state index in [0.29, 0.717) is 15.6 Å². The highest BCUT2D eigenvalue weighted by Gasteiger charge is 2.16. The molecule has 106 valence electrons. The second-order valence-corrected chi connectivity index (χ2v) is 6.62. The molecule has 0 radical (unpaired) electrons. The van der Waals surface area contributed by atoms with E-state index in [2.05, 4.69) is 10.3 Å². The van der Waals surface area contributed by atoms with Gasteiger partial charge >= 0.3 is 0 Å². The largest absolute Gasteiger partial charge is 0.321 e. The van der Waals surface area contributed by atoms with Crippen LogP contribution < -0.4 is 5.32 Å². The van der Waals surface area contributed by atoms with E-state index in [1.807, 2.05) is 23.8 Å². The predicted molar refractivity (Wildman–Crippen MR) is 89.6 cm³/mol. The number of thiophene rings is 1. The van der Waals surface area contributed by atoms with Crippen LogP contribution in [0, 0.1) is 6.92 Å². The normalized spacial score (nSPS) is 10.6. The Hall–Kier alpha value is -1.69. The number of aryl methyl sites for hydroxylation is 1. The van der Waals surface area contributed by atoms with Crippen LogP contribution in [0.25, 0.3) is 10.6 Å². The van der Waals surface area contributed by atoms with E-state index in [9.17, 15) is 4.79 Å². The fourth-order valence-corrected chi connectivity index (χ4v) is 3.64. The molecule has 21 heavy (non-hydrogen) atoms. The molecule has 0 unspecified atom stereocenters. The Morgan fingerprint density at radius 3 is 2.67 bits per heavy atom. The summed E-state index contributed by atoms with van der Waals surface area (Å²) in [7, 11) is 0. The number of nitrogens with one attached hydrogen (secondary N) is 1. The van der Waals surface area contributed by atoms with Gasteiger partial charge in [-0.05, 0) is 42.6 Å². The number of nitrogens with zero attached hydrogens (tertiary/aromatic N) is 1. The van der Waals surface area contributed by atoms with Crippen molar-refractivity contribution in [3.63, 3.8) is 0 Å². The third-order valence-electron chi connectivity index (χ3n) is 2.87. The molecule has 0 spiro atoms. The SMILES string of the molecule is Cc1nc(-c2ccsc2)sc1C(=O)Nc1ccc(Cl)cc1. The van der Waals surface area contributed by atoms with Crippen molar-refractivity contribution in [3.8, 4) is 10.6 Å². The Morgan fingerprint density at radius 2 is 2.00 bits per heavy atom. The van der Waals surface area contributed by atoms with Crippen LogP contribution in [0.15, 0.2) is 41.1 Å². The van der Waals surface area contributed by atoms with Gasteiger partial charge in [0.2, 0.25) is 0 Å². The van der Waals surface area contributed by atoms with E-state index in [1.165, 1.54) is 11.3 Å². The van der Waals surface area contributed by atoms with E-state index in [4.69, 9.17) is 11.6 Å². The zero-order chi connectivity index (χ0) is 14.8. The van der Waals surface area contributed by atoms with Gasteiger partial charge in [0.15, 0.2) is 0 Å². The van der Waals surface area contributed by atoms with Crippen molar-refractivity contribution < 1.29 is 4.79 Å². The van der Waals surface area contributed by atoms with Crippen molar-refractivity contribution in [1.82, 2.24) is 4.98 Å². The zero-order valence-corrected chi connectivity index (χ0v) is 13.5. The molecule has 1 N–H and O–H groups in total. The van der Waals surface area contributed by atoms with Crippen LogP contribution in [0.4, 0.5) is 5.69 Å². The van der Waals surface area contributed by atoms with Crippen molar-refractivity contribution in [1.29, 1.82) is 0 Å². The first kappa shape index (κ1) is 14.3. The number of rotatable bonds is 3. The number of benzene rings is 1. The first-order valence-electron chi connectivity index (χ1n) is 6.20. The molecule has 2 heterocycles. The standard InChI is InChI=1S/C15H11ClN2OS2/c1-9-13(21-15(17-9)10-6-7-20-8-10)14(19)18-12-4-2-11(16)3-5-12/h2-8H,1H3,(H,18,19). The summed E-state index contributed by atoms with van der Waals surface area (Å²) in [6.07, 6.45) is 0. The molecule has 0 saturated heterocycles. The van der Waals surface area contributed by atoms with Gasteiger partial charge in [-0.25, -0.2) is 4.98 Å². The summed E-state index contributed by atoms with van der Waals surface area (Å²) >= 11 is 8.85. The van der Waals surface area contributed by atoms with Gasteiger partial charge in [0.05, 0.1) is 5.69 Å². The van der Waals surface area contributed by atoms with Crippen molar-refractivity contribution in [2.45, 2.75) is 6.92 Å². The minimum Gasteiger partial charge on any atom is -0.321 e. The third-order valence-corrected chi connectivity index (χ3v) is 5.01. The number of anilines is 1. The van der Waals surface area contributed by atoms with Crippen LogP contribution in [0.3, 0.4) is 0 Å². The van der Waals surface area contributed by atoms with Crippen LogP contribution in [0.5, 0.6) is 0 Å². The van der Waals surface area contributed by atoms with E-state index < -0.39 is 0 Å². The van der Waals surface area contributed by atoms with Gasteiger partial charge in [-0.1, -0.05) is 11.6 Å². The summed E-state index contributed by atoms with van der Waals surface area (Å²) < 4.78 is 0. The van der Waals surface area contributed by atoms with Crippen LogP contribution in [-0.4, -0.2) is 10.9 Å². The first-order chi connectivity index (χ1) is 10.1. The molecule has 0 atom stereocenters. The van der Waals surface area contributed by atoms with Gasteiger partial charge in [-0.2, -0.15) is 11.3 Å². The maximum Gasteiger partial charge on any atom is 0.267 e. The molecule has 0 fully saturated rings. The Balaban J connectivity index is 1.83. The number of hydrogen-bond acceptors (Lipinski definition) is 4. The Kier molecular flexibility index (Phi) is 4.05. The first-order valence-corrected chi connectivity index (χ1v) is 8.34. The van der Waals surface area contributed by atoms with Gasteiger partial charge in [0, 0.05) is 21.7 Å². The molecule has 2 aromatic heterocycles. The molecule has 0 aliphatic carbocycles. The van der Waals surface area contributed by atoms with Gasteiger partial charge in [-0.15, -0.1) is 11.3 Å². The lowest BCUT2D eigenvalue weighted by Gasteiger charge is -2.03. The summed E-state index contributed by atoms with van der Waals surface area (Å²) in [4.78, 5) is 17.4. The molecule has 6 heteroatoms. The lowest BCUT2D eigenvalue weighted by molar-refractivity contribution is 0.103. The lowest BCUT2D eigenvalue weighted by atomic mass is 10.3. The average Bonchev–Trinajstić information content (AvgIpc) is 3.10. The molecule has 1 amide bonds. The number of halogens is 1. The molecule has 0 bridgehead atoms. The highest BCUT2D eigenvalue weighted by atomic mass is 35.5. The molecular formula is C15H11ClN2OS2. The zero-order valence-electron chi connectivity index (χ0n) is 11.1. The maximum absolute atomic E-state index is 12.3. The summed E-state index contributed by atoms with van der Waals surface area (Å²) in [5.74, 6) is -0.145. The predicted octanol–water partition coefficient (Wildman–Crippen LogP) is 5.09. The molecule has 0 aliphatic rings. The molecule has 0 aliphatic heterocycles. The molecule has 3 rings (SSSR count). The second kappa shape index (κ2) is 5.97. The van der Waals surface area contributed by atoms with Crippen LogP contribution >= 0.6 is 34.3 Å². The molecule has 0 saturated carbocycles. The minimum absolute atomic E-state index is 0.145. The van der Waals surface area contributed by atoms with E-state index in [0.717, 1.165) is 16.3 Å².